The van der Waals surface area contributed by atoms with E-state index in [0.717, 1.165) is 18.1 Å². The van der Waals surface area contributed by atoms with Crippen LogP contribution >= 0.6 is 46.6 Å². The van der Waals surface area contributed by atoms with Gasteiger partial charge in [-0.05, 0) is 45.9 Å². The molecule has 1 N–H and O–H groups in total. The lowest BCUT2D eigenvalue weighted by atomic mass is 10.1. The van der Waals surface area contributed by atoms with E-state index < -0.39 is 0 Å². The third-order valence-electron chi connectivity index (χ3n) is 1.87. The number of hydrogen-bond donors (Lipinski definition) is 1. The maximum absolute atomic E-state index is 5.90. The number of benzene rings is 1. The summed E-state index contributed by atoms with van der Waals surface area (Å²) < 4.78 is 1.27. The predicted octanol–water partition coefficient (Wildman–Crippen LogP) is 2.97. The summed E-state index contributed by atoms with van der Waals surface area (Å²) in [6.07, 6.45) is 0. The van der Waals surface area contributed by atoms with E-state index in [-0.39, 0.29) is 12.4 Å². The summed E-state index contributed by atoms with van der Waals surface area (Å²) >= 11 is 8.22. The molecule has 0 bridgehead atoms. The van der Waals surface area contributed by atoms with Crippen molar-refractivity contribution in [1.29, 1.82) is 0 Å². The fraction of sp³-hybridized carbons (Fsp3) is 0.250. The number of fused-ring (bicyclic) bond motifs is 1. The Morgan fingerprint density at radius 1 is 1.33 bits per heavy atom. The largest absolute Gasteiger partial charge is 0.309 e. The summed E-state index contributed by atoms with van der Waals surface area (Å²) in [5.74, 6) is 0. The molecule has 0 unspecified atom stereocenters. The van der Waals surface area contributed by atoms with E-state index >= 15 is 0 Å². The first-order valence-corrected chi connectivity index (χ1v) is 4.90. The molecule has 0 saturated heterocycles. The molecule has 1 aliphatic rings. The van der Waals surface area contributed by atoms with E-state index in [4.69, 9.17) is 11.6 Å². The Kier molecular flexibility index (Phi) is 3.64. The molecule has 1 heterocycles. The highest BCUT2D eigenvalue weighted by atomic mass is 127. The topological polar surface area (TPSA) is 12.0 Å². The van der Waals surface area contributed by atoms with Crippen LogP contribution in [-0.4, -0.2) is 0 Å². The number of rotatable bonds is 0. The Morgan fingerprint density at radius 2 is 2.08 bits per heavy atom. The highest BCUT2D eigenvalue weighted by molar-refractivity contribution is 14.1. The highest BCUT2D eigenvalue weighted by Gasteiger charge is 2.13. The van der Waals surface area contributed by atoms with Crippen LogP contribution in [-0.2, 0) is 13.1 Å². The SMILES string of the molecule is Cl.Clc1cc(I)c2c(c1)CNC2. The van der Waals surface area contributed by atoms with Gasteiger partial charge in [0.05, 0.1) is 0 Å². The van der Waals surface area contributed by atoms with Crippen LogP contribution in [0.1, 0.15) is 11.1 Å². The summed E-state index contributed by atoms with van der Waals surface area (Å²) in [6, 6.07) is 4.05. The summed E-state index contributed by atoms with van der Waals surface area (Å²) in [6.45, 7) is 1.96. The number of halogens is 3. The standard InChI is InChI=1S/C8H7ClIN.ClH/c9-6-1-5-3-11-4-7(5)8(10)2-6;/h1-2,11H,3-4H2;1H. The Bertz CT molecular complexity index is 301. The Labute approximate surface area is 96.4 Å². The lowest BCUT2D eigenvalue weighted by Gasteiger charge is -2.00. The molecule has 0 saturated carbocycles. The minimum Gasteiger partial charge on any atom is -0.309 e. The molecule has 66 valence electrons. The van der Waals surface area contributed by atoms with Gasteiger partial charge >= 0.3 is 0 Å². The number of hydrogen-bond acceptors (Lipinski definition) is 1. The van der Waals surface area contributed by atoms with Gasteiger partial charge in [-0.3, -0.25) is 0 Å². The van der Waals surface area contributed by atoms with Crippen LogP contribution in [0.4, 0.5) is 0 Å². The third kappa shape index (κ3) is 1.87. The molecular weight excluding hydrogens is 308 g/mol. The van der Waals surface area contributed by atoms with Gasteiger partial charge in [0, 0.05) is 21.7 Å². The van der Waals surface area contributed by atoms with Crippen LogP contribution in [0.15, 0.2) is 12.1 Å². The smallest absolute Gasteiger partial charge is 0.0419 e. The minimum atomic E-state index is 0. The zero-order chi connectivity index (χ0) is 7.84. The zero-order valence-electron chi connectivity index (χ0n) is 6.23. The van der Waals surface area contributed by atoms with Crippen LogP contribution in [0.25, 0.3) is 0 Å². The molecule has 0 fully saturated rings. The molecule has 0 spiro atoms. The molecule has 2 rings (SSSR count). The van der Waals surface area contributed by atoms with Crippen molar-refractivity contribution < 1.29 is 0 Å². The van der Waals surface area contributed by atoms with Gasteiger partial charge in [-0.15, -0.1) is 12.4 Å². The van der Waals surface area contributed by atoms with Crippen molar-refractivity contribution in [2.24, 2.45) is 0 Å². The van der Waals surface area contributed by atoms with Crippen molar-refractivity contribution in [3.8, 4) is 0 Å². The zero-order valence-corrected chi connectivity index (χ0v) is 9.96. The predicted molar refractivity (Wildman–Crippen MR) is 62.0 cm³/mol. The first-order chi connectivity index (χ1) is 5.27. The van der Waals surface area contributed by atoms with Crippen LogP contribution in [0.3, 0.4) is 0 Å². The molecule has 1 nitrogen and oxygen atoms in total. The fourth-order valence-electron chi connectivity index (χ4n) is 1.33. The van der Waals surface area contributed by atoms with Crippen molar-refractivity contribution in [3.05, 3.63) is 31.9 Å². The van der Waals surface area contributed by atoms with Gasteiger partial charge in [0.2, 0.25) is 0 Å². The molecule has 1 aromatic rings. The Balaban J connectivity index is 0.000000720. The molecule has 0 aromatic heterocycles. The maximum atomic E-state index is 5.90. The second kappa shape index (κ2) is 4.13. The average Bonchev–Trinajstić information content (AvgIpc) is 2.34. The summed E-state index contributed by atoms with van der Waals surface area (Å²) in [5.41, 5.74) is 2.76. The lowest BCUT2D eigenvalue weighted by molar-refractivity contribution is 0.764. The quantitative estimate of drug-likeness (QED) is 0.726. The first kappa shape index (κ1) is 10.6. The fourth-order valence-corrected chi connectivity index (χ4v) is 2.63. The first-order valence-electron chi connectivity index (χ1n) is 3.45. The second-order valence-electron chi connectivity index (χ2n) is 2.63. The average molecular weight is 316 g/mol. The van der Waals surface area contributed by atoms with Gasteiger partial charge in [-0.25, -0.2) is 0 Å². The van der Waals surface area contributed by atoms with Crippen molar-refractivity contribution >= 4 is 46.6 Å². The Hall–Kier alpha value is 0.490. The molecule has 12 heavy (non-hydrogen) atoms. The van der Waals surface area contributed by atoms with Crippen LogP contribution < -0.4 is 5.32 Å². The Morgan fingerprint density at radius 3 is 2.83 bits per heavy atom. The van der Waals surface area contributed by atoms with Gasteiger partial charge in [-0.1, -0.05) is 11.6 Å². The van der Waals surface area contributed by atoms with Crippen LogP contribution in [0, 0.1) is 3.57 Å². The van der Waals surface area contributed by atoms with Crippen molar-refractivity contribution in [2.45, 2.75) is 13.1 Å². The molecular formula is C8H8Cl2IN. The normalized spacial score (nSPS) is 13.8. The van der Waals surface area contributed by atoms with Gasteiger partial charge < -0.3 is 5.32 Å². The maximum Gasteiger partial charge on any atom is 0.0419 e. The van der Waals surface area contributed by atoms with E-state index in [2.05, 4.69) is 27.9 Å². The minimum absolute atomic E-state index is 0. The molecule has 0 aliphatic carbocycles. The second-order valence-corrected chi connectivity index (χ2v) is 4.23. The van der Waals surface area contributed by atoms with E-state index in [1.54, 1.807) is 0 Å². The van der Waals surface area contributed by atoms with Gasteiger partial charge in [0.1, 0.15) is 0 Å². The lowest BCUT2D eigenvalue weighted by Crippen LogP contribution is -2.00. The molecule has 1 aromatic carbocycles. The van der Waals surface area contributed by atoms with Crippen molar-refractivity contribution in [1.82, 2.24) is 5.32 Å². The highest BCUT2D eigenvalue weighted by Crippen LogP contribution is 2.25. The van der Waals surface area contributed by atoms with Crippen LogP contribution in [0.2, 0.25) is 5.02 Å². The van der Waals surface area contributed by atoms with Gasteiger partial charge in [-0.2, -0.15) is 0 Å². The van der Waals surface area contributed by atoms with Gasteiger partial charge in [0.25, 0.3) is 0 Å². The van der Waals surface area contributed by atoms with Crippen molar-refractivity contribution in [3.63, 3.8) is 0 Å². The molecule has 0 atom stereocenters. The monoisotopic (exact) mass is 315 g/mol. The summed E-state index contributed by atoms with van der Waals surface area (Å²) in [7, 11) is 0. The molecule has 1 aliphatic heterocycles. The summed E-state index contributed by atoms with van der Waals surface area (Å²) in [5, 5.41) is 4.14. The van der Waals surface area contributed by atoms with Gasteiger partial charge in [0.15, 0.2) is 0 Å². The molecule has 0 amide bonds. The van der Waals surface area contributed by atoms with Crippen molar-refractivity contribution in [2.75, 3.05) is 0 Å². The summed E-state index contributed by atoms with van der Waals surface area (Å²) in [4.78, 5) is 0. The van der Waals surface area contributed by atoms with E-state index in [0.29, 0.717) is 0 Å². The van der Waals surface area contributed by atoms with E-state index in [1.165, 1.54) is 14.7 Å². The van der Waals surface area contributed by atoms with E-state index in [1.807, 2.05) is 12.1 Å². The third-order valence-corrected chi connectivity index (χ3v) is 3.05. The van der Waals surface area contributed by atoms with E-state index in [9.17, 15) is 0 Å². The van der Waals surface area contributed by atoms with Crippen LogP contribution in [0.5, 0.6) is 0 Å². The number of nitrogens with one attached hydrogen (secondary N) is 1. The molecule has 0 radical (unpaired) electrons. The molecule has 4 heteroatoms.